The molecule has 0 spiro atoms. The molecule has 3 N–H and O–H groups in total. The van der Waals surface area contributed by atoms with Gasteiger partial charge in [0.1, 0.15) is 5.76 Å². The third-order valence-corrected chi connectivity index (χ3v) is 3.01. The van der Waals surface area contributed by atoms with Gasteiger partial charge in [-0.15, -0.1) is 0 Å². The molecule has 86 valence electrons. The summed E-state index contributed by atoms with van der Waals surface area (Å²) in [6.45, 7) is 1.96. The Bertz CT molecular complexity index is 282. The summed E-state index contributed by atoms with van der Waals surface area (Å²) in [4.78, 5) is 0. The number of allylic oxidation sites excluding steroid dienone is 1. The third-order valence-electron chi connectivity index (χ3n) is 3.01. The van der Waals surface area contributed by atoms with Gasteiger partial charge in [-0.2, -0.15) is 0 Å². The second-order valence-corrected chi connectivity index (χ2v) is 4.07. The Hall–Kier alpha value is -0.840. The molecule has 1 aliphatic rings. The van der Waals surface area contributed by atoms with E-state index < -0.39 is 5.41 Å². The van der Waals surface area contributed by atoms with Crippen LogP contribution in [0.5, 0.6) is 0 Å². The molecule has 0 aromatic carbocycles. The molecule has 0 aliphatic heterocycles. The van der Waals surface area contributed by atoms with Crippen molar-refractivity contribution in [1.82, 2.24) is 0 Å². The Labute approximate surface area is 89.5 Å². The molecule has 0 radical (unpaired) electrons. The summed E-state index contributed by atoms with van der Waals surface area (Å²) in [5.74, 6) is -0.118. The SMILES string of the molecule is COCC1C(CO)=C(O)C=CC1(C)CO. The lowest BCUT2D eigenvalue weighted by molar-refractivity contribution is 0.0633. The van der Waals surface area contributed by atoms with E-state index in [1.54, 1.807) is 13.2 Å². The largest absolute Gasteiger partial charge is 0.508 e. The number of methoxy groups -OCH3 is 1. The molecule has 0 saturated carbocycles. The van der Waals surface area contributed by atoms with E-state index in [0.29, 0.717) is 12.2 Å². The molecule has 4 nitrogen and oxygen atoms in total. The maximum atomic E-state index is 9.59. The summed E-state index contributed by atoms with van der Waals surface area (Å²) in [5, 5.41) is 28.1. The molecule has 0 bridgehead atoms. The van der Waals surface area contributed by atoms with Gasteiger partial charge in [-0.1, -0.05) is 13.0 Å². The van der Waals surface area contributed by atoms with Crippen molar-refractivity contribution in [2.45, 2.75) is 6.92 Å². The van der Waals surface area contributed by atoms with Crippen molar-refractivity contribution in [2.75, 3.05) is 26.9 Å². The molecular formula is C11H18O4. The average molecular weight is 214 g/mol. The highest BCUT2D eigenvalue weighted by atomic mass is 16.5. The lowest BCUT2D eigenvalue weighted by Crippen LogP contribution is -2.37. The van der Waals surface area contributed by atoms with Crippen LogP contribution in [-0.4, -0.2) is 42.3 Å². The average Bonchev–Trinajstić information content (AvgIpc) is 2.24. The number of hydrogen-bond donors (Lipinski definition) is 3. The summed E-state index contributed by atoms with van der Waals surface area (Å²) < 4.78 is 5.06. The molecular weight excluding hydrogens is 196 g/mol. The number of aliphatic hydroxyl groups excluding tert-OH is 3. The standard InChI is InChI=1S/C11H18O4/c1-11(7-13)4-3-10(14)8(5-12)9(11)6-15-2/h3-4,9,12-14H,5-7H2,1-2H3. The highest BCUT2D eigenvalue weighted by Gasteiger charge is 2.37. The highest BCUT2D eigenvalue weighted by Crippen LogP contribution is 2.38. The Morgan fingerprint density at radius 2 is 2.13 bits per heavy atom. The first kappa shape index (κ1) is 12.2. The van der Waals surface area contributed by atoms with Gasteiger partial charge in [0.15, 0.2) is 0 Å². The molecule has 1 rings (SSSR count). The van der Waals surface area contributed by atoms with Crippen LogP contribution >= 0.6 is 0 Å². The molecule has 0 aromatic heterocycles. The zero-order valence-electron chi connectivity index (χ0n) is 9.10. The maximum absolute atomic E-state index is 9.59. The van der Waals surface area contributed by atoms with E-state index >= 15 is 0 Å². The minimum atomic E-state index is -0.486. The Morgan fingerprint density at radius 3 is 2.60 bits per heavy atom. The van der Waals surface area contributed by atoms with Crippen LogP contribution in [0, 0.1) is 11.3 Å². The number of aliphatic hydroxyl groups is 3. The van der Waals surface area contributed by atoms with Crippen LogP contribution in [0.15, 0.2) is 23.5 Å². The van der Waals surface area contributed by atoms with Crippen molar-refractivity contribution >= 4 is 0 Å². The summed E-state index contributed by atoms with van der Waals surface area (Å²) in [6, 6.07) is 0. The normalized spacial score (nSPS) is 31.1. The lowest BCUT2D eigenvalue weighted by atomic mass is 9.71. The number of ether oxygens (including phenoxy) is 1. The van der Waals surface area contributed by atoms with Crippen molar-refractivity contribution in [3.63, 3.8) is 0 Å². The predicted octanol–water partition coefficient (Wildman–Crippen LogP) is 0.622. The maximum Gasteiger partial charge on any atom is 0.117 e. The van der Waals surface area contributed by atoms with Crippen LogP contribution in [-0.2, 0) is 4.74 Å². The Morgan fingerprint density at radius 1 is 1.47 bits per heavy atom. The van der Waals surface area contributed by atoms with E-state index in [2.05, 4.69) is 0 Å². The third kappa shape index (κ3) is 2.22. The van der Waals surface area contributed by atoms with E-state index in [0.717, 1.165) is 0 Å². The van der Waals surface area contributed by atoms with Gasteiger partial charge in [-0.3, -0.25) is 0 Å². The van der Waals surface area contributed by atoms with Gasteiger partial charge in [0.05, 0.1) is 19.8 Å². The summed E-state index contributed by atoms with van der Waals surface area (Å²) in [5.41, 5.74) is 0.0382. The van der Waals surface area contributed by atoms with Gasteiger partial charge in [0, 0.05) is 24.0 Å². The van der Waals surface area contributed by atoms with E-state index in [9.17, 15) is 15.3 Å². The minimum Gasteiger partial charge on any atom is -0.508 e. The first-order valence-corrected chi connectivity index (χ1v) is 4.91. The van der Waals surface area contributed by atoms with Gasteiger partial charge in [0.2, 0.25) is 0 Å². The van der Waals surface area contributed by atoms with Crippen LogP contribution in [0.1, 0.15) is 6.92 Å². The Kier molecular flexibility index (Phi) is 3.90. The van der Waals surface area contributed by atoms with E-state index in [1.165, 1.54) is 6.08 Å². The molecule has 2 atom stereocenters. The number of rotatable bonds is 4. The van der Waals surface area contributed by atoms with Gasteiger partial charge < -0.3 is 20.1 Å². The smallest absolute Gasteiger partial charge is 0.117 e. The second-order valence-electron chi connectivity index (χ2n) is 4.07. The molecule has 0 fully saturated rings. The molecule has 15 heavy (non-hydrogen) atoms. The zero-order valence-corrected chi connectivity index (χ0v) is 9.10. The summed E-state index contributed by atoms with van der Waals surface area (Å²) >= 11 is 0. The lowest BCUT2D eigenvalue weighted by Gasteiger charge is -2.37. The molecule has 0 heterocycles. The quantitative estimate of drug-likeness (QED) is 0.641. The summed E-state index contributed by atoms with van der Waals surface area (Å²) in [7, 11) is 1.56. The first-order chi connectivity index (χ1) is 7.09. The zero-order chi connectivity index (χ0) is 11.5. The predicted molar refractivity (Wildman–Crippen MR) is 56.4 cm³/mol. The fourth-order valence-electron chi connectivity index (χ4n) is 1.88. The van der Waals surface area contributed by atoms with Crippen LogP contribution < -0.4 is 0 Å². The van der Waals surface area contributed by atoms with Crippen molar-refractivity contribution in [1.29, 1.82) is 0 Å². The van der Waals surface area contributed by atoms with Crippen LogP contribution in [0.2, 0.25) is 0 Å². The van der Waals surface area contributed by atoms with Crippen molar-refractivity contribution in [2.24, 2.45) is 11.3 Å². The number of hydrogen-bond acceptors (Lipinski definition) is 4. The molecule has 0 saturated heterocycles. The van der Waals surface area contributed by atoms with Crippen molar-refractivity contribution < 1.29 is 20.1 Å². The van der Waals surface area contributed by atoms with Crippen LogP contribution in [0.4, 0.5) is 0 Å². The van der Waals surface area contributed by atoms with Gasteiger partial charge in [0.25, 0.3) is 0 Å². The fraction of sp³-hybridized carbons (Fsp3) is 0.636. The molecule has 2 unspecified atom stereocenters. The molecule has 0 amide bonds. The monoisotopic (exact) mass is 214 g/mol. The van der Waals surface area contributed by atoms with Gasteiger partial charge in [-0.25, -0.2) is 0 Å². The van der Waals surface area contributed by atoms with Crippen LogP contribution in [0.3, 0.4) is 0 Å². The van der Waals surface area contributed by atoms with E-state index in [4.69, 9.17) is 4.74 Å². The van der Waals surface area contributed by atoms with Crippen molar-refractivity contribution in [3.05, 3.63) is 23.5 Å². The molecule has 4 heteroatoms. The van der Waals surface area contributed by atoms with Crippen LogP contribution in [0.25, 0.3) is 0 Å². The van der Waals surface area contributed by atoms with Gasteiger partial charge in [-0.05, 0) is 6.08 Å². The fourth-order valence-corrected chi connectivity index (χ4v) is 1.88. The van der Waals surface area contributed by atoms with E-state index in [-0.39, 0.29) is 24.9 Å². The highest BCUT2D eigenvalue weighted by molar-refractivity contribution is 5.31. The molecule has 0 aromatic rings. The molecule has 1 aliphatic carbocycles. The van der Waals surface area contributed by atoms with Crippen molar-refractivity contribution in [3.8, 4) is 0 Å². The second kappa shape index (κ2) is 4.79. The Balaban J connectivity index is 3.04. The summed E-state index contributed by atoms with van der Waals surface area (Å²) in [6.07, 6.45) is 3.28. The van der Waals surface area contributed by atoms with E-state index in [1.807, 2.05) is 6.92 Å². The minimum absolute atomic E-state index is 0.0473. The topological polar surface area (TPSA) is 69.9 Å². The first-order valence-electron chi connectivity index (χ1n) is 4.91. The van der Waals surface area contributed by atoms with Gasteiger partial charge >= 0.3 is 0 Å².